The highest BCUT2D eigenvalue weighted by molar-refractivity contribution is 5.39. The summed E-state index contributed by atoms with van der Waals surface area (Å²) < 4.78 is 0. The first-order chi connectivity index (χ1) is 6.20. The van der Waals surface area contributed by atoms with Crippen LogP contribution >= 0.6 is 0 Å². The van der Waals surface area contributed by atoms with Crippen molar-refractivity contribution in [3.63, 3.8) is 0 Å². The summed E-state index contributed by atoms with van der Waals surface area (Å²) in [5.41, 5.74) is 5.92. The Kier molecular flexibility index (Phi) is 2.12. The molecule has 1 aromatic carbocycles. The van der Waals surface area contributed by atoms with Gasteiger partial charge in [-0.3, -0.25) is 4.90 Å². The van der Waals surface area contributed by atoms with Crippen LogP contribution in [-0.4, -0.2) is 11.4 Å². The Morgan fingerprint density at radius 3 is 1.92 bits per heavy atom. The maximum absolute atomic E-state index is 2.48. The molecule has 0 radical (unpaired) electrons. The lowest BCUT2D eigenvalue weighted by atomic mass is 10.0. The van der Waals surface area contributed by atoms with E-state index in [9.17, 15) is 0 Å². The zero-order chi connectivity index (χ0) is 9.42. The van der Waals surface area contributed by atoms with Gasteiger partial charge in [0.25, 0.3) is 0 Å². The van der Waals surface area contributed by atoms with Crippen LogP contribution < -0.4 is 0 Å². The number of hydrogen-bond donors (Lipinski definition) is 0. The highest BCUT2D eigenvalue weighted by atomic mass is 15.1. The Morgan fingerprint density at radius 2 is 1.54 bits per heavy atom. The molecule has 0 aliphatic carbocycles. The summed E-state index contributed by atoms with van der Waals surface area (Å²) in [4.78, 5) is 2.48. The van der Waals surface area contributed by atoms with Gasteiger partial charge in [-0.05, 0) is 42.6 Å². The van der Waals surface area contributed by atoms with Crippen molar-refractivity contribution in [3.8, 4) is 0 Å². The predicted octanol–water partition coefficient (Wildman–Crippen LogP) is 2.64. The van der Waals surface area contributed by atoms with Crippen LogP contribution in [0, 0.1) is 13.8 Å². The number of nitrogens with zero attached hydrogens (tertiary/aromatic N) is 1. The molecule has 0 unspecified atom stereocenters. The fourth-order valence-corrected chi connectivity index (χ4v) is 1.99. The zero-order valence-corrected chi connectivity index (χ0v) is 8.72. The van der Waals surface area contributed by atoms with Gasteiger partial charge in [0.2, 0.25) is 0 Å². The van der Waals surface area contributed by atoms with Gasteiger partial charge in [-0.25, -0.2) is 0 Å². The summed E-state index contributed by atoms with van der Waals surface area (Å²) in [6, 6.07) is 4.70. The summed E-state index contributed by atoms with van der Waals surface area (Å²) in [5, 5.41) is 0. The molecular formula is C12H17N. The highest BCUT2D eigenvalue weighted by Crippen LogP contribution is 2.25. The van der Waals surface area contributed by atoms with E-state index in [1.54, 1.807) is 0 Å². The average molecular weight is 175 g/mol. The van der Waals surface area contributed by atoms with Crippen LogP contribution in [-0.2, 0) is 13.1 Å². The summed E-state index contributed by atoms with van der Waals surface area (Å²) in [6.45, 7) is 10.1. The summed E-state index contributed by atoms with van der Waals surface area (Å²) >= 11 is 0. The molecule has 1 aliphatic heterocycles. The van der Waals surface area contributed by atoms with Crippen LogP contribution in [0.4, 0.5) is 0 Å². The van der Waals surface area contributed by atoms with Crippen LogP contribution in [0.3, 0.4) is 0 Å². The van der Waals surface area contributed by atoms with E-state index < -0.39 is 0 Å². The third-order valence-corrected chi connectivity index (χ3v) is 3.05. The molecule has 2 rings (SSSR count). The molecular weight excluding hydrogens is 158 g/mol. The maximum Gasteiger partial charge on any atom is 0.0240 e. The van der Waals surface area contributed by atoms with Gasteiger partial charge < -0.3 is 0 Å². The van der Waals surface area contributed by atoms with E-state index in [1.165, 1.54) is 22.3 Å². The Bertz CT molecular complexity index is 297. The smallest absolute Gasteiger partial charge is 0.0240 e. The van der Waals surface area contributed by atoms with Crippen LogP contribution in [0.2, 0.25) is 0 Å². The fraction of sp³-hybridized carbons (Fsp3) is 0.500. The number of benzene rings is 1. The van der Waals surface area contributed by atoms with Crippen molar-refractivity contribution in [1.29, 1.82) is 0 Å². The van der Waals surface area contributed by atoms with Gasteiger partial charge in [0.15, 0.2) is 0 Å². The molecule has 1 heteroatoms. The van der Waals surface area contributed by atoms with Crippen LogP contribution in [0.5, 0.6) is 0 Å². The minimum absolute atomic E-state index is 1.15. The second kappa shape index (κ2) is 3.15. The van der Waals surface area contributed by atoms with Gasteiger partial charge in [0.1, 0.15) is 0 Å². The SMILES string of the molecule is CCN1Cc2cc(C)c(C)cc2C1. The van der Waals surface area contributed by atoms with Crippen LogP contribution in [0.25, 0.3) is 0 Å². The molecule has 0 saturated heterocycles. The largest absolute Gasteiger partial charge is 0.295 e. The Hall–Kier alpha value is -0.820. The molecule has 1 aromatic rings. The van der Waals surface area contributed by atoms with Gasteiger partial charge in [0.05, 0.1) is 0 Å². The second-order valence-electron chi connectivity index (χ2n) is 4.01. The molecule has 0 aromatic heterocycles. The Morgan fingerprint density at radius 1 is 1.08 bits per heavy atom. The van der Waals surface area contributed by atoms with Crippen molar-refractivity contribution in [2.75, 3.05) is 6.54 Å². The van der Waals surface area contributed by atoms with Crippen molar-refractivity contribution in [1.82, 2.24) is 4.90 Å². The van der Waals surface area contributed by atoms with Crippen molar-refractivity contribution in [2.24, 2.45) is 0 Å². The molecule has 70 valence electrons. The van der Waals surface area contributed by atoms with Crippen molar-refractivity contribution in [2.45, 2.75) is 33.9 Å². The second-order valence-corrected chi connectivity index (χ2v) is 4.01. The molecule has 0 amide bonds. The molecule has 1 aliphatic rings. The summed E-state index contributed by atoms with van der Waals surface area (Å²) in [6.07, 6.45) is 0. The minimum atomic E-state index is 1.15. The van der Waals surface area contributed by atoms with Crippen molar-refractivity contribution in [3.05, 3.63) is 34.4 Å². The Balaban J connectivity index is 2.36. The molecule has 13 heavy (non-hydrogen) atoms. The first-order valence-electron chi connectivity index (χ1n) is 5.02. The number of aryl methyl sites for hydroxylation is 2. The van der Waals surface area contributed by atoms with E-state index in [-0.39, 0.29) is 0 Å². The first-order valence-corrected chi connectivity index (χ1v) is 5.02. The summed E-state index contributed by atoms with van der Waals surface area (Å²) in [5.74, 6) is 0. The quantitative estimate of drug-likeness (QED) is 0.634. The van der Waals surface area contributed by atoms with E-state index in [0.29, 0.717) is 0 Å². The average Bonchev–Trinajstić information content (AvgIpc) is 2.48. The van der Waals surface area contributed by atoms with E-state index in [1.807, 2.05) is 0 Å². The lowest BCUT2D eigenvalue weighted by molar-refractivity contribution is 0.301. The lowest BCUT2D eigenvalue weighted by Gasteiger charge is -2.09. The maximum atomic E-state index is 2.48. The molecule has 0 spiro atoms. The van der Waals surface area contributed by atoms with E-state index in [2.05, 4.69) is 37.8 Å². The van der Waals surface area contributed by atoms with Crippen LogP contribution in [0.15, 0.2) is 12.1 Å². The molecule has 0 saturated carbocycles. The highest BCUT2D eigenvalue weighted by Gasteiger charge is 2.17. The summed E-state index contributed by atoms with van der Waals surface area (Å²) in [7, 11) is 0. The monoisotopic (exact) mass is 175 g/mol. The minimum Gasteiger partial charge on any atom is -0.295 e. The van der Waals surface area contributed by atoms with Gasteiger partial charge in [-0.1, -0.05) is 19.1 Å². The molecule has 0 N–H and O–H groups in total. The zero-order valence-electron chi connectivity index (χ0n) is 8.72. The molecule has 0 fully saturated rings. The fourth-order valence-electron chi connectivity index (χ4n) is 1.99. The standard InChI is InChI=1S/C12H17N/c1-4-13-7-11-5-9(2)10(3)6-12(11)8-13/h5-6H,4,7-8H2,1-3H3. The normalized spacial score (nSPS) is 16.2. The van der Waals surface area contributed by atoms with E-state index >= 15 is 0 Å². The third-order valence-electron chi connectivity index (χ3n) is 3.05. The van der Waals surface area contributed by atoms with Crippen LogP contribution in [0.1, 0.15) is 29.2 Å². The molecule has 1 nitrogen and oxygen atoms in total. The van der Waals surface area contributed by atoms with E-state index in [0.717, 1.165) is 19.6 Å². The van der Waals surface area contributed by atoms with Crippen molar-refractivity contribution >= 4 is 0 Å². The molecule has 0 bridgehead atoms. The van der Waals surface area contributed by atoms with Gasteiger partial charge in [-0.15, -0.1) is 0 Å². The van der Waals surface area contributed by atoms with Gasteiger partial charge in [0, 0.05) is 13.1 Å². The number of fused-ring (bicyclic) bond motifs is 1. The lowest BCUT2D eigenvalue weighted by Crippen LogP contribution is -2.14. The third kappa shape index (κ3) is 1.49. The van der Waals surface area contributed by atoms with Gasteiger partial charge in [-0.2, -0.15) is 0 Å². The van der Waals surface area contributed by atoms with E-state index in [4.69, 9.17) is 0 Å². The topological polar surface area (TPSA) is 3.24 Å². The number of hydrogen-bond acceptors (Lipinski definition) is 1. The Labute approximate surface area is 80.4 Å². The van der Waals surface area contributed by atoms with Crippen molar-refractivity contribution < 1.29 is 0 Å². The first kappa shape index (κ1) is 8.76. The molecule has 0 atom stereocenters. The van der Waals surface area contributed by atoms with Gasteiger partial charge >= 0.3 is 0 Å². The number of rotatable bonds is 1. The predicted molar refractivity (Wildman–Crippen MR) is 55.7 cm³/mol. The molecule has 1 heterocycles.